The van der Waals surface area contributed by atoms with Gasteiger partial charge in [0, 0.05) is 41.3 Å². The standard InChI is InChI=1S/C33H29ClN4O6S2/c1-4-44-32(42)19-7-15-23(16-8-19)38-29(40)26-25(18-5-13-22(14-6-18)36(2)3)28-31(45-27(26)30(38)41)37(33(43)46-28)17-24(39)35-21-11-9-20(34)10-12-21/h5-16,25-27H,4,17H2,1-3H3,(H,35,39)/t25-,26?,27?/m1/s1. The number of thioether (sulfide) groups is 1. The number of esters is 1. The number of benzene rings is 3. The predicted molar refractivity (Wildman–Crippen MR) is 179 cm³/mol. The van der Waals surface area contributed by atoms with Gasteiger partial charge in [-0.25, -0.2) is 9.69 Å². The molecule has 3 atom stereocenters. The molecule has 13 heteroatoms. The smallest absolute Gasteiger partial charge is 0.338 e. The van der Waals surface area contributed by atoms with Crippen molar-refractivity contribution in [3.63, 3.8) is 0 Å². The van der Waals surface area contributed by atoms with E-state index < -0.39 is 40.8 Å². The number of nitrogens with zero attached hydrogens (tertiary/aromatic N) is 3. The third kappa shape index (κ3) is 5.83. The van der Waals surface area contributed by atoms with Crippen molar-refractivity contribution in [1.82, 2.24) is 4.57 Å². The first-order chi connectivity index (χ1) is 22.1. The summed E-state index contributed by atoms with van der Waals surface area (Å²) in [7, 11) is 3.84. The van der Waals surface area contributed by atoms with Gasteiger partial charge in [-0.3, -0.25) is 23.7 Å². The van der Waals surface area contributed by atoms with Crippen LogP contribution in [0, 0.1) is 5.92 Å². The Hall–Kier alpha value is -4.39. The number of fused-ring (bicyclic) bond motifs is 2. The van der Waals surface area contributed by atoms with Gasteiger partial charge in [-0.2, -0.15) is 0 Å². The summed E-state index contributed by atoms with van der Waals surface area (Å²) in [6, 6.07) is 20.5. The van der Waals surface area contributed by atoms with Crippen molar-refractivity contribution in [2.24, 2.45) is 5.92 Å². The maximum Gasteiger partial charge on any atom is 0.338 e. The van der Waals surface area contributed by atoms with Crippen LogP contribution >= 0.6 is 34.7 Å². The zero-order valence-electron chi connectivity index (χ0n) is 25.1. The maximum atomic E-state index is 14.2. The van der Waals surface area contributed by atoms with Crippen LogP contribution in [-0.2, 0) is 25.7 Å². The van der Waals surface area contributed by atoms with Crippen molar-refractivity contribution in [3.05, 3.63) is 103 Å². The first kappa shape index (κ1) is 31.6. The number of rotatable bonds is 8. The van der Waals surface area contributed by atoms with Crippen molar-refractivity contribution in [2.75, 3.05) is 35.8 Å². The molecule has 2 aliphatic heterocycles. The Kier molecular flexibility index (Phi) is 8.78. The normalized spacial score (nSPS) is 18.6. The zero-order chi connectivity index (χ0) is 32.7. The summed E-state index contributed by atoms with van der Waals surface area (Å²) in [5.74, 6) is -3.14. The predicted octanol–water partition coefficient (Wildman–Crippen LogP) is 5.24. The van der Waals surface area contributed by atoms with E-state index in [0.29, 0.717) is 31.9 Å². The third-order valence-electron chi connectivity index (χ3n) is 7.88. The molecule has 2 unspecified atom stereocenters. The molecule has 2 aliphatic rings. The lowest BCUT2D eigenvalue weighted by atomic mass is 9.83. The van der Waals surface area contributed by atoms with E-state index in [-0.39, 0.29) is 18.0 Å². The highest BCUT2D eigenvalue weighted by Crippen LogP contribution is 2.54. The molecular weight excluding hydrogens is 648 g/mol. The van der Waals surface area contributed by atoms with Gasteiger partial charge in [0.25, 0.3) is 0 Å². The van der Waals surface area contributed by atoms with Gasteiger partial charge >= 0.3 is 10.8 Å². The summed E-state index contributed by atoms with van der Waals surface area (Å²) in [5.41, 5.74) is 2.90. The molecule has 3 heterocycles. The molecule has 0 spiro atoms. The van der Waals surface area contributed by atoms with E-state index in [1.165, 1.54) is 16.7 Å². The summed E-state index contributed by atoms with van der Waals surface area (Å²) < 4.78 is 6.44. The maximum absolute atomic E-state index is 14.2. The van der Waals surface area contributed by atoms with Crippen molar-refractivity contribution in [1.29, 1.82) is 0 Å². The molecule has 3 amide bonds. The number of anilines is 3. The van der Waals surface area contributed by atoms with Crippen molar-refractivity contribution in [3.8, 4) is 0 Å². The molecule has 1 N–H and O–H groups in total. The fourth-order valence-electron chi connectivity index (χ4n) is 5.69. The number of hydrogen-bond donors (Lipinski definition) is 1. The van der Waals surface area contributed by atoms with Gasteiger partial charge in [0.1, 0.15) is 11.8 Å². The molecule has 0 saturated carbocycles. The van der Waals surface area contributed by atoms with Crippen LogP contribution in [0.3, 0.4) is 0 Å². The first-order valence-corrected chi connectivity index (χ1v) is 16.5. The van der Waals surface area contributed by atoms with Gasteiger partial charge in [0.05, 0.1) is 28.8 Å². The highest BCUT2D eigenvalue weighted by atomic mass is 35.5. The van der Waals surface area contributed by atoms with Gasteiger partial charge in [-0.1, -0.05) is 46.8 Å². The molecular formula is C33H29ClN4O6S2. The monoisotopic (exact) mass is 676 g/mol. The molecule has 0 aliphatic carbocycles. The summed E-state index contributed by atoms with van der Waals surface area (Å²) in [6.07, 6.45) is 0. The fourth-order valence-corrected chi connectivity index (χ4v) is 8.59. The van der Waals surface area contributed by atoms with E-state index in [0.717, 1.165) is 39.2 Å². The Bertz CT molecular complexity index is 1890. The van der Waals surface area contributed by atoms with Crippen molar-refractivity contribution < 1.29 is 23.9 Å². The SMILES string of the molecule is CCOC(=O)c1ccc(N2C(=O)C3Sc4c(sc(=O)n4CC(=O)Nc4ccc(Cl)cc4)[C@H](c4ccc(N(C)C)cc4)C3C2=O)cc1. The van der Waals surface area contributed by atoms with Gasteiger partial charge in [0.2, 0.25) is 17.7 Å². The third-order valence-corrected chi connectivity index (χ3v) is 10.7. The molecule has 236 valence electrons. The average molecular weight is 677 g/mol. The van der Waals surface area contributed by atoms with Gasteiger partial charge in [-0.15, -0.1) is 0 Å². The molecule has 46 heavy (non-hydrogen) atoms. The Balaban J connectivity index is 1.38. The number of carbonyl (C=O) groups is 4. The molecule has 0 radical (unpaired) electrons. The summed E-state index contributed by atoms with van der Waals surface area (Å²) in [4.78, 5) is 70.3. The molecule has 6 rings (SSSR count). The average Bonchev–Trinajstić information content (AvgIpc) is 3.48. The second-order valence-electron chi connectivity index (χ2n) is 11.0. The van der Waals surface area contributed by atoms with Crippen LogP contribution in [0.15, 0.2) is 82.6 Å². The van der Waals surface area contributed by atoms with Gasteiger partial charge in [-0.05, 0) is 73.2 Å². The van der Waals surface area contributed by atoms with Crippen LogP contribution in [0.1, 0.15) is 33.6 Å². The lowest BCUT2D eigenvalue weighted by Gasteiger charge is -2.31. The van der Waals surface area contributed by atoms with Gasteiger partial charge in [0.15, 0.2) is 0 Å². The van der Waals surface area contributed by atoms with E-state index in [4.69, 9.17) is 16.3 Å². The number of thiazole rings is 1. The number of ether oxygens (including phenoxy) is 1. The molecule has 4 aromatic rings. The molecule has 3 aromatic carbocycles. The Morgan fingerprint density at radius 2 is 1.61 bits per heavy atom. The minimum atomic E-state index is -0.845. The quantitative estimate of drug-likeness (QED) is 0.199. The number of halogens is 1. The van der Waals surface area contributed by atoms with E-state index >= 15 is 0 Å². The number of nitrogens with one attached hydrogen (secondary N) is 1. The van der Waals surface area contributed by atoms with E-state index in [1.807, 2.05) is 43.3 Å². The number of carbonyl (C=O) groups excluding carboxylic acids is 4. The molecule has 10 nitrogen and oxygen atoms in total. The summed E-state index contributed by atoms with van der Waals surface area (Å²) >= 11 is 8.09. The molecule has 1 aromatic heterocycles. The second kappa shape index (κ2) is 12.8. The highest BCUT2D eigenvalue weighted by molar-refractivity contribution is 8.00. The lowest BCUT2D eigenvalue weighted by Crippen LogP contribution is -2.33. The zero-order valence-corrected chi connectivity index (χ0v) is 27.4. The first-order valence-electron chi connectivity index (χ1n) is 14.4. The molecule has 1 fully saturated rings. The van der Waals surface area contributed by atoms with E-state index in [2.05, 4.69) is 5.32 Å². The van der Waals surface area contributed by atoms with Gasteiger partial charge < -0.3 is 15.0 Å². The number of aromatic nitrogens is 1. The Morgan fingerprint density at radius 1 is 0.935 bits per heavy atom. The summed E-state index contributed by atoms with van der Waals surface area (Å²) in [6.45, 7) is 1.66. The molecule has 0 bridgehead atoms. The van der Waals surface area contributed by atoms with Crippen LogP contribution < -0.4 is 20.0 Å². The van der Waals surface area contributed by atoms with Crippen LogP contribution in [0.5, 0.6) is 0 Å². The van der Waals surface area contributed by atoms with Crippen molar-refractivity contribution in [2.45, 2.75) is 29.7 Å². The summed E-state index contributed by atoms with van der Waals surface area (Å²) in [5, 5.41) is 2.95. The molecule has 1 saturated heterocycles. The van der Waals surface area contributed by atoms with Crippen LogP contribution in [0.4, 0.5) is 17.1 Å². The number of imide groups is 1. The van der Waals surface area contributed by atoms with Crippen LogP contribution in [-0.4, -0.2) is 54.2 Å². The minimum absolute atomic E-state index is 0.221. The van der Waals surface area contributed by atoms with E-state index in [9.17, 15) is 24.0 Å². The highest BCUT2D eigenvalue weighted by Gasteiger charge is 2.56. The number of hydrogen-bond acceptors (Lipinski definition) is 9. The largest absolute Gasteiger partial charge is 0.462 e. The minimum Gasteiger partial charge on any atom is -0.462 e. The Labute approximate surface area is 277 Å². The second-order valence-corrected chi connectivity index (χ2v) is 13.5. The topological polar surface area (TPSA) is 118 Å². The van der Waals surface area contributed by atoms with Crippen LogP contribution in [0.25, 0.3) is 0 Å². The van der Waals surface area contributed by atoms with Crippen molar-refractivity contribution >= 4 is 75.5 Å². The Morgan fingerprint density at radius 3 is 2.24 bits per heavy atom. The van der Waals surface area contributed by atoms with Crippen LogP contribution in [0.2, 0.25) is 5.02 Å². The number of amides is 3. The van der Waals surface area contributed by atoms with E-state index in [1.54, 1.807) is 43.3 Å². The fraction of sp³-hybridized carbons (Fsp3) is 0.242. The lowest BCUT2D eigenvalue weighted by molar-refractivity contribution is -0.122.